The molecule has 2 N–H and O–H groups in total. The molecule has 12 heteroatoms. The molecule has 0 unspecified atom stereocenters. The molecule has 0 radical (unpaired) electrons. The molecular weight excluding hydrogens is 516 g/mol. The van der Waals surface area contributed by atoms with Crippen molar-refractivity contribution < 1.29 is 9.59 Å². The van der Waals surface area contributed by atoms with Crippen molar-refractivity contribution in [3.8, 4) is 0 Å². The van der Waals surface area contributed by atoms with E-state index in [1.807, 2.05) is 11.5 Å². The largest absolute Gasteiger partial charge is 0.345 e. The van der Waals surface area contributed by atoms with Gasteiger partial charge in [0, 0.05) is 17.1 Å². The minimum atomic E-state index is -0.318. The fourth-order valence-electron chi connectivity index (χ4n) is 2.68. The lowest BCUT2D eigenvalue weighted by molar-refractivity contribution is -0.113. The molecule has 0 atom stereocenters. The van der Waals surface area contributed by atoms with E-state index in [4.69, 9.17) is 46.4 Å². The van der Waals surface area contributed by atoms with Crippen LogP contribution in [0.5, 0.6) is 0 Å². The van der Waals surface area contributed by atoms with Gasteiger partial charge in [0.1, 0.15) is 0 Å². The van der Waals surface area contributed by atoms with Crippen LogP contribution in [-0.4, -0.2) is 32.3 Å². The first-order chi connectivity index (χ1) is 15.3. The number of anilines is 1. The van der Waals surface area contributed by atoms with Crippen molar-refractivity contribution in [3.05, 3.63) is 67.9 Å². The van der Waals surface area contributed by atoms with Gasteiger partial charge in [-0.25, -0.2) is 0 Å². The molecule has 0 fully saturated rings. The lowest BCUT2D eigenvalue weighted by Crippen LogP contribution is -2.24. The van der Waals surface area contributed by atoms with Gasteiger partial charge in [0.2, 0.25) is 5.91 Å². The van der Waals surface area contributed by atoms with Crippen LogP contribution in [0.15, 0.2) is 41.6 Å². The van der Waals surface area contributed by atoms with E-state index in [9.17, 15) is 9.59 Å². The molecule has 2 amide bonds. The van der Waals surface area contributed by atoms with Crippen LogP contribution in [0.2, 0.25) is 20.1 Å². The van der Waals surface area contributed by atoms with Gasteiger partial charge >= 0.3 is 0 Å². The van der Waals surface area contributed by atoms with E-state index in [1.165, 1.54) is 17.8 Å². The minimum absolute atomic E-state index is 0.0939. The third-order valence-electron chi connectivity index (χ3n) is 4.23. The Morgan fingerprint density at radius 1 is 1.00 bits per heavy atom. The summed E-state index contributed by atoms with van der Waals surface area (Å²) in [6.45, 7) is 2.64. The van der Waals surface area contributed by atoms with Crippen molar-refractivity contribution in [2.24, 2.45) is 0 Å². The fourth-order valence-corrected chi connectivity index (χ4v) is 4.14. The standard InChI is InChI=1S/C20H17Cl4N5O2S/c1-2-29-17(9-25-19(31)11-3-5-13(22)15(24)7-11)27-28-20(29)32-10-18(30)26-16-8-12(21)4-6-14(16)23/h3-8H,2,9-10H2,1H3,(H,25,31)(H,26,30). The fraction of sp³-hybridized carbons (Fsp3) is 0.200. The van der Waals surface area contributed by atoms with Crippen LogP contribution in [-0.2, 0) is 17.9 Å². The van der Waals surface area contributed by atoms with Crippen LogP contribution in [0.3, 0.4) is 0 Å². The second kappa shape index (κ2) is 11.2. The molecular formula is C20H17Cl4N5O2S. The summed E-state index contributed by atoms with van der Waals surface area (Å²) in [7, 11) is 0. The summed E-state index contributed by atoms with van der Waals surface area (Å²) in [5.74, 6) is 0.0681. The summed E-state index contributed by atoms with van der Waals surface area (Å²) < 4.78 is 1.82. The maximum Gasteiger partial charge on any atom is 0.251 e. The van der Waals surface area contributed by atoms with Crippen molar-refractivity contribution in [3.63, 3.8) is 0 Å². The van der Waals surface area contributed by atoms with Crippen LogP contribution in [0, 0.1) is 0 Å². The van der Waals surface area contributed by atoms with E-state index in [1.54, 1.807) is 30.3 Å². The Balaban J connectivity index is 1.59. The van der Waals surface area contributed by atoms with Gasteiger partial charge in [-0.3, -0.25) is 9.59 Å². The van der Waals surface area contributed by atoms with Gasteiger partial charge in [-0.15, -0.1) is 10.2 Å². The SMILES string of the molecule is CCn1c(CNC(=O)c2ccc(Cl)c(Cl)c2)nnc1SCC(=O)Nc1cc(Cl)ccc1Cl. The van der Waals surface area contributed by atoms with Gasteiger partial charge in [0.15, 0.2) is 11.0 Å². The predicted molar refractivity (Wildman–Crippen MR) is 129 cm³/mol. The molecule has 0 saturated heterocycles. The van der Waals surface area contributed by atoms with E-state index >= 15 is 0 Å². The molecule has 0 saturated carbocycles. The monoisotopic (exact) mass is 531 g/mol. The molecule has 3 aromatic rings. The first kappa shape index (κ1) is 24.7. The first-order valence-corrected chi connectivity index (χ1v) is 11.8. The highest BCUT2D eigenvalue weighted by atomic mass is 35.5. The van der Waals surface area contributed by atoms with E-state index in [2.05, 4.69) is 20.8 Å². The number of nitrogens with zero attached hydrogens (tertiary/aromatic N) is 3. The maximum absolute atomic E-state index is 12.4. The molecule has 168 valence electrons. The lowest BCUT2D eigenvalue weighted by atomic mass is 10.2. The Morgan fingerprint density at radius 2 is 1.75 bits per heavy atom. The number of nitrogens with one attached hydrogen (secondary N) is 2. The summed E-state index contributed by atoms with van der Waals surface area (Å²) in [5.41, 5.74) is 0.820. The van der Waals surface area contributed by atoms with Gasteiger partial charge in [0.05, 0.1) is 33.1 Å². The van der Waals surface area contributed by atoms with Crippen LogP contribution in [0.4, 0.5) is 5.69 Å². The lowest BCUT2D eigenvalue weighted by Gasteiger charge is -2.10. The Hall–Kier alpha value is -1.97. The van der Waals surface area contributed by atoms with Gasteiger partial charge in [0.25, 0.3) is 5.91 Å². The normalized spacial score (nSPS) is 10.8. The molecule has 0 aliphatic carbocycles. The topological polar surface area (TPSA) is 88.9 Å². The number of hydrogen-bond donors (Lipinski definition) is 2. The Bertz CT molecular complexity index is 1160. The highest BCUT2D eigenvalue weighted by Crippen LogP contribution is 2.26. The summed E-state index contributed by atoms with van der Waals surface area (Å²) in [6.07, 6.45) is 0. The quantitative estimate of drug-likeness (QED) is 0.370. The van der Waals surface area contributed by atoms with Crippen molar-refractivity contribution >= 4 is 75.7 Å². The van der Waals surface area contributed by atoms with Crippen LogP contribution in [0.25, 0.3) is 0 Å². The average molecular weight is 533 g/mol. The zero-order valence-electron chi connectivity index (χ0n) is 16.7. The number of aromatic nitrogens is 3. The number of amides is 2. The average Bonchev–Trinajstić information content (AvgIpc) is 3.16. The smallest absolute Gasteiger partial charge is 0.251 e. The van der Waals surface area contributed by atoms with Gasteiger partial charge in [-0.05, 0) is 43.3 Å². The molecule has 2 aromatic carbocycles. The Kier molecular flexibility index (Phi) is 8.67. The molecule has 0 bridgehead atoms. The highest BCUT2D eigenvalue weighted by Gasteiger charge is 2.15. The molecule has 3 rings (SSSR count). The summed E-state index contributed by atoms with van der Waals surface area (Å²) in [4.78, 5) is 24.7. The number of benzene rings is 2. The van der Waals surface area contributed by atoms with E-state index in [0.717, 1.165) is 0 Å². The first-order valence-electron chi connectivity index (χ1n) is 9.31. The molecule has 7 nitrogen and oxygen atoms in total. The molecule has 32 heavy (non-hydrogen) atoms. The number of rotatable bonds is 8. The molecule has 0 aliphatic rings. The third-order valence-corrected chi connectivity index (χ3v) is 6.50. The molecule has 0 aliphatic heterocycles. The van der Waals surface area contributed by atoms with Crippen LogP contribution in [0.1, 0.15) is 23.1 Å². The Labute approximate surface area is 208 Å². The summed E-state index contributed by atoms with van der Waals surface area (Å²) in [5, 5.41) is 15.9. The minimum Gasteiger partial charge on any atom is -0.345 e. The molecule has 0 spiro atoms. The van der Waals surface area contributed by atoms with Crippen molar-refractivity contribution in [2.45, 2.75) is 25.2 Å². The Morgan fingerprint density at radius 3 is 2.47 bits per heavy atom. The zero-order chi connectivity index (χ0) is 23.3. The maximum atomic E-state index is 12.4. The number of carbonyl (C=O) groups is 2. The molecule has 1 aromatic heterocycles. The summed E-state index contributed by atoms with van der Waals surface area (Å²) in [6, 6.07) is 9.47. The highest BCUT2D eigenvalue weighted by molar-refractivity contribution is 7.99. The van der Waals surface area contributed by atoms with Gasteiger partial charge in [-0.2, -0.15) is 0 Å². The predicted octanol–water partition coefficient (Wildman–Crippen LogP) is 5.57. The van der Waals surface area contributed by atoms with E-state index in [-0.39, 0.29) is 24.1 Å². The van der Waals surface area contributed by atoms with Gasteiger partial charge in [-0.1, -0.05) is 58.2 Å². The zero-order valence-corrected chi connectivity index (χ0v) is 20.5. The van der Waals surface area contributed by atoms with E-state index in [0.29, 0.717) is 48.9 Å². The van der Waals surface area contributed by atoms with Crippen molar-refractivity contribution in [1.29, 1.82) is 0 Å². The van der Waals surface area contributed by atoms with Crippen LogP contribution >= 0.6 is 58.2 Å². The third kappa shape index (κ3) is 6.30. The number of hydrogen-bond acceptors (Lipinski definition) is 5. The number of carbonyl (C=O) groups excluding carboxylic acids is 2. The number of thioether (sulfide) groups is 1. The molecule has 1 heterocycles. The summed E-state index contributed by atoms with van der Waals surface area (Å²) >= 11 is 25.1. The van der Waals surface area contributed by atoms with E-state index < -0.39 is 0 Å². The second-order valence-electron chi connectivity index (χ2n) is 6.42. The van der Waals surface area contributed by atoms with Crippen molar-refractivity contribution in [1.82, 2.24) is 20.1 Å². The number of halogens is 4. The van der Waals surface area contributed by atoms with Crippen molar-refractivity contribution in [2.75, 3.05) is 11.1 Å². The second-order valence-corrected chi connectivity index (χ2v) is 9.02. The van der Waals surface area contributed by atoms with Gasteiger partial charge < -0.3 is 15.2 Å². The van der Waals surface area contributed by atoms with Crippen LogP contribution < -0.4 is 10.6 Å².